The zero-order chi connectivity index (χ0) is 19.4. The number of carbonyl (C=O) groups is 2. The van der Waals surface area contributed by atoms with Crippen LogP contribution in [0.1, 0.15) is 40.0 Å². The Bertz CT molecular complexity index is 873. The van der Waals surface area contributed by atoms with Crippen LogP contribution < -0.4 is 10.2 Å². The molecule has 3 rings (SSSR count). The lowest BCUT2D eigenvalue weighted by Crippen LogP contribution is -2.30. The van der Waals surface area contributed by atoms with Crippen molar-refractivity contribution in [2.45, 2.75) is 19.3 Å². The molecule has 1 fully saturated rings. The Balaban J connectivity index is 1.81. The molecule has 1 heterocycles. The highest BCUT2D eigenvalue weighted by Gasteiger charge is 2.23. The zero-order valence-corrected chi connectivity index (χ0v) is 14.6. The molecular weight excluding hydrogens is 350 g/mol. The minimum Gasteiger partial charge on any atom is -0.478 e. The van der Waals surface area contributed by atoms with Gasteiger partial charge in [-0.05, 0) is 55.7 Å². The van der Waals surface area contributed by atoms with Crippen molar-refractivity contribution in [1.29, 1.82) is 0 Å². The number of benzene rings is 2. The fourth-order valence-electron chi connectivity index (χ4n) is 3.11. The minimum absolute atomic E-state index is 0.0919. The Morgan fingerprint density at radius 2 is 1.63 bits per heavy atom. The SMILES string of the molecule is O=C(O)c1ccc(NC(=O)c2ccc(N3CCCCC3)c([N+](=O)[O-])c2)cc1. The van der Waals surface area contributed by atoms with E-state index in [9.17, 15) is 19.7 Å². The second-order valence-corrected chi connectivity index (χ2v) is 6.34. The Morgan fingerprint density at radius 3 is 2.22 bits per heavy atom. The number of amides is 1. The molecule has 0 bridgehead atoms. The van der Waals surface area contributed by atoms with Crippen LogP contribution in [0.4, 0.5) is 17.1 Å². The van der Waals surface area contributed by atoms with Gasteiger partial charge in [-0.25, -0.2) is 4.79 Å². The summed E-state index contributed by atoms with van der Waals surface area (Å²) in [7, 11) is 0. The van der Waals surface area contributed by atoms with Crippen LogP contribution in [0.2, 0.25) is 0 Å². The van der Waals surface area contributed by atoms with Gasteiger partial charge in [0.05, 0.1) is 10.5 Å². The Kier molecular flexibility index (Phi) is 5.35. The van der Waals surface area contributed by atoms with Crippen molar-refractivity contribution in [1.82, 2.24) is 0 Å². The smallest absolute Gasteiger partial charge is 0.335 e. The molecule has 2 aromatic rings. The van der Waals surface area contributed by atoms with E-state index < -0.39 is 16.8 Å². The number of carbonyl (C=O) groups excluding carboxylic acids is 1. The molecule has 8 nitrogen and oxygen atoms in total. The van der Waals surface area contributed by atoms with Crippen molar-refractivity contribution in [2.24, 2.45) is 0 Å². The van der Waals surface area contributed by atoms with E-state index >= 15 is 0 Å². The summed E-state index contributed by atoms with van der Waals surface area (Å²) in [5, 5.41) is 23.0. The van der Waals surface area contributed by atoms with Gasteiger partial charge in [-0.15, -0.1) is 0 Å². The molecule has 0 atom stereocenters. The molecule has 2 N–H and O–H groups in total. The van der Waals surface area contributed by atoms with Crippen LogP contribution in [-0.4, -0.2) is 35.0 Å². The summed E-state index contributed by atoms with van der Waals surface area (Å²) >= 11 is 0. The van der Waals surface area contributed by atoms with Gasteiger partial charge in [0, 0.05) is 30.4 Å². The van der Waals surface area contributed by atoms with Gasteiger partial charge in [-0.1, -0.05) is 0 Å². The van der Waals surface area contributed by atoms with Gasteiger partial charge in [0.15, 0.2) is 0 Å². The van der Waals surface area contributed by atoms with Crippen LogP contribution in [0.3, 0.4) is 0 Å². The zero-order valence-electron chi connectivity index (χ0n) is 14.6. The van der Waals surface area contributed by atoms with Crippen molar-refractivity contribution in [3.8, 4) is 0 Å². The number of nitro groups is 1. The molecule has 0 saturated carbocycles. The largest absolute Gasteiger partial charge is 0.478 e. The summed E-state index contributed by atoms with van der Waals surface area (Å²) in [4.78, 5) is 36.3. The van der Waals surface area contributed by atoms with Crippen LogP contribution in [0.25, 0.3) is 0 Å². The summed E-state index contributed by atoms with van der Waals surface area (Å²) in [5.74, 6) is -1.55. The summed E-state index contributed by atoms with van der Waals surface area (Å²) < 4.78 is 0. The van der Waals surface area contributed by atoms with Crippen molar-refractivity contribution in [2.75, 3.05) is 23.3 Å². The summed E-state index contributed by atoms with van der Waals surface area (Å²) in [6.07, 6.45) is 3.10. The lowest BCUT2D eigenvalue weighted by molar-refractivity contribution is -0.384. The number of carboxylic acid groups (broad SMARTS) is 1. The first-order valence-electron chi connectivity index (χ1n) is 8.64. The third-order valence-corrected chi connectivity index (χ3v) is 4.52. The monoisotopic (exact) mass is 369 g/mol. The van der Waals surface area contributed by atoms with E-state index in [2.05, 4.69) is 5.32 Å². The average molecular weight is 369 g/mol. The predicted octanol–water partition coefficient (Wildman–Crippen LogP) is 3.54. The number of hydrogen-bond acceptors (Lipinski definition) is 5. The van der Waals surface area contributed by atoms with Crippen LogP contribution >= 0.6 is 0 Å². The number of piperidine rings is 1. The molecular formula is C19H19N3O5. The van der Waals surface area contributed by atoms with Crippen LogP contribution in [0.15, 0.2) is 42.5 Å². The molecule has 0 radical (unpaired) electrons. The van der Waals surface area contributed by atoms with E-state index in [0.29, 0.717) is 11.4 Å². The molecule has 8 heteroatoms. The Hall–Kier alpha value is -3.42. The maximum Gasteiger partial charge on any atom is 0.335 e. The van der Waals surface area contributed by atoms with Crippen molar-refractivity contribution in [3.05, 3.63) is 63.7 Å². The number of aromatic carboxylic acids is 1. The van der Waals surface area contributed by atoms with Crippen molar-refractivity contribution < 1.29 is 19.6 Å². The second kappa shape index (κ2) is 7.86. The van der Waals surface area contributed by atoms with Crippen LogP contribution in [0, 0.1) is 10.1 Å². The van der Waals surface area contributed by atoms with Crippen LogP contribution in [-0.2, 0) is 0 Å². The van der Waals surface area contributed by atoms with Gasteiger partial charge < -0.3 is 15.3 Å². The topological polar surface area (TPSA) is 113 Å². The number of hydrogen-bond donors (Lipinski definition) is 2. The first kappa shape index (κ1) is 18.4. The minimum atomic E-state index is -1.06. The molecule has 1 saturated heterocycles. The molecule has 1 aliphatic heterocycles. The summed E-state index contributed by atoms with van der Waals surface area (Å²) in [5.41, 5.74) is 1.12. The normalized spacial score (nSPS) is 13.9. The van der Waals surface area contributed by atoms with Crippen LogP contribution in [0.5, 0.6) is 0 Å². The van der Waals surface area contributed by atoms with Gasteiger partial charge in [0.2, 0.25) is 0 Å². The first-order chi connectivity index (χ1) is 13.0. The maximum atomic E-state index is 12.4. The molecule has 27 heavy (non-hydrogen) atoms. The van der Waals surface area contributed by atoms with E-state index in [1.165, 1.54) is 30.3 Å². The van der Waals surface area contributed by atoms with E-state index in [4.69, 9.17) is 5.11 Å². The third kappa shape index (κ3) is 4.22. The molecule has 0 spiro atoms. The summed E-state index contributed by atoms with van der Waals surface area (Å²) in [6.45, 7) is 1.53. The van der Waals surface area contributed by atoms with Gasteiger partial charge in [0.1, 0.15) is 5.69 Å². The Labute approximate surface area is 155 Å². The molecule has 140 valence electrons. The predicted molar refractivity (Wildman–Crippen MR) is 101 cm³/mol. The molecule has 2 aromatic carbocycles. The van der Waals surface area contributed by atoms with Gasteiger partial charge in [0.25, 0.3) is 11.6 Å². The number of nitrogens with zero attached hydrogens (tertiary/aromatic N) is 2. The van der Waals surface area contributed by atoms with E-state index in [1.807, 2.05) is 4.90 Å². The van der Waals surface area contributed by atoms with E-state index in [1.54, 1.807) is 12.1 Å². The quantitative estimate of drug-likeness (QED) is 0.616. The lowest BCUT2D eigenvalue weighted by Gasteiger charge is -2.28. The number of nitrogens with one attached hydrogen (secondary N) is 1. The van der Waals surface area contributed by atoms with E-state index in [-0.39, 0.29) is 16.8 Å². The molecule has 0 aromatic heterocycles. The van der Waals surface area contributed by atoms with Crippen molar-refractivity contribution >= 4 is 28.9 Å². The van der Waals surface area contributed by atoms with E-state index in [0.717, 1.165) is 32.4 Å². The van der Waals surface area contributed by atoms with Gasteiger partial charge >= 0.3 is 5.97 Å². The second-order valence-electron chi connectivity index (χ2n) is 6.34. The highest BCUT2D eigenvalue weighted by molar-refractivity contribution is 6.05. The highest BCUT2D eigenvalue weighted by atomic mass is 16.6. The number of nitro benzene ring substituents is 1. The fraction of sp³-hybridized carbons (Fsp3) is 0.263. The average Bonchev–Trinajstić information content (AvgIpc) is 2.68. The first-order valence-corrected chi connectivity index (χ1v) is 8.64. The Morgan fingerprint density at radius 1 is 1.00 bits per heavy atom. The highest BCUT2D eigenvalue weighted by Crippen LogP contribution is 2.31. The summed E-state index contributed by atoms with van der Waals surface area (Å²) in [6, 6.07) is 10.2. The fourth-order valence-corrected chi connectivity index (χ4v) is 3.11. The maximum absolute atomic E-state index is 12.4. The molecule has 0 aliphatic carbocycles. The molecule has 1 aliphatic rings. The number of rotatable bonds is 5. The number of anilines is 2. The van der Waals surface area contributed by atoms with Crippen molar-refractivity contribution in [3.63, 3.8) is 0 Å². The van der Waals surface area contributed by atoms with Gasteiger partial charge in [-0.2, -0.15) is 0 Å². The van der Waals surface area contributed by atoms with Gasteiger partial charge in [-0.3, -0.25) is 14.9 Å². The molecule has 1 amide bonds. The standard InChI is InChI=1S/C19H19N3O5/c23-18(20-15-7-4-13(5-8-15)19(24)25)14-6-9-16(17(12-14)22(26)27)21-10-2-1-3-11-21/h4-9,12H,1-3,10-11H2,(H,20,23)(H,24,25). The lowest BCUT2D eigenvalue weighted by atomic mass is 10.1. The number of carboxylic acids is 1. The third-order valence-electron chi connectivity index (χ3n) is 4.52. The molecule has 0 unspecified atom stereocenters.